The number of hydrogen-bond acceptors (Lipinski definition) is 8. The first-order valence-electron chi connectivity index (χ1n) is 10.3. The van der Waals surface area contributed by atoms with Gasteiger partial charge in [-0.05, 0) is 49.7 Å². The third kappa shape index (κ3) is 5.48. The average Bonchev–Trinajstić information content (AvgIpc) is 3.50. The van der Waals surface area contributed by atoms with E-state index in [1.165, 1.54) is 7.11 Å². The van der Waals surface area contributed by atoms with Gasteiger partial charge in [0.2, 0.25) is 5.89 Å². The maximum absolute atomic E-state index is 11.8. The lowest BCUT2D eigenvalue weighted by atomic mass is 10.1. The molecule has 1 amide bonds. The second-order valence-corrected chi connectivity index (χ2v) is 7.48. The van der Waals surface area contributed by atoms with Crippen molar-refractivity contribution in [2.24, 2.45) is 0 Å². The zero-order chi connectivity index (χ0) is 23.2. The van der Waals surface area contributed by atoms with E-state index in [9.17, 15) is 4.79 Å². The molecule has 0 aliphatic carbocycles. The molecule has 2 heterocycles. The van der Waals surface area contributed by atoms with Gasteiger partial charge in [-0.2, -0.15) is 5.10 Å². The number of nitrogens with one attached hydrogen (secondary N) is 3. The van der Waals surface area contributed by atoms with Crippen molar-refractivity contribution >= 4 is 17.6 Å². The Kier molecular flexibility index (Phi) is 6.53. The van der Waals surface area contributed by atoms with Crippen LogP contribution in [0.25, 0.3) is 22.6 Å². The lowest BCUT2D eigenvalue weighted by Crippen LogP contribution is -2.34. The Labute approximate surface area is 190 Å². The molecule has 0 radical (unpaired) electrons. The van der Waals surface area contributed by atoms with E-state index in [1.54, 1.807) is 24.4 Å². The fourth-order valence-corrected chi connectivity index (χ4v) is 3.10. The standard InChI is InChI=1S/C23H24N6O4/c1-14(2)26-21(30)13-32-19-9-6-16(10-20(19)31-3)22-28-29-23(33-22)27-18-7-4-15(5-8-18)17-11-24-25-12-17/h4-12,14H,13H2,1-3H3,(H,24,25)(H,26,30)(H,27,29). The summed E-state index contributed by atoms with van der Waals surface area (Å²) >= 11 is 0. The monoisotopic (exact) mass is 448 g/mol. The molecule has 0 aliphatic rings. The van der Waals surface area contributed by atoms with Crippen LogP contribution in [0.5, 0.6) is 11.5 Å². The van der Waals surface area contributed by atoms with Crippen molar-refractivity contribution < 1.29 is 18.7 Å². The number of rotatable bonds is 9. The smallest absolute Gasteiger partial charge is 0.320 e. The van der Waals surface area contributed by atoms with Gasteiger partial charge >= 0.3 is 6.01 Å². The van der Waals surface area contributed by atoms with Crippen LogP contribution in [0.3, 0.4) is 0 Å². The molecular formula is C23H24N6O4. The van der Waals surface area contributed by atoms with E-state index in [0.29, 0.717) is 23.0 Å². The Bertz CT molecular complexity index is 1200. The number of aromatic nitrogens is 4. The van der Waals surface area contributed by atoms with Crippen molar-refractivity contribution in [2.75, 3.05) is 19.0 Å². The van der Waals surface area contributed by atoms with Gasteiger partial charge in [0.05, 0.1) is 13.3 Å². The molecule has 0 bridgehead atoms. The maximum atomic E-state index is 11.8. The number of carbonyl (C=O) groups is 1. The number of benzene rings is 2. The second-order valence-electron chi connectivity index (χ2n) is 7.48. The first-order chi connectivity index (χ1) is 16.0. The molecule has 2 aromatic heterocycles. The lowest BCUT2D eigenvalue weighted by molar-refractivity contribution is -0.123. The van der Waals surface area contributed by atoms with Gasteiger partial charge in [0.1, 0.15) is 0 Å². The normalized spacial score (nSPS) is 10.8. The van der Waals surface area contributed by atoms with E-state index in [2.05, 4.69) is 31.0 Å². The fourth-order valence-electron chi connectivity index (χ4n) is 3.10. The van der Waals surface area contributed by atoms with Crippen molar-refractivity contribution in [3.05, 3.63) is 54.9 Å². The molecule has 0 spiro atoms. The van der Waals surface area contributed by atoms with Crippen LogP contribution in [0.4, 0.5) is 11.7 Å². The Morgan fingerprint density at radius 3 is 2.55 bits per heavy atom. The third-order valence-corrected chi connectivity index (χ3v) is 4.61. The van der Waals surface area contributed by atoms with Gasteiger partial charge in [-0.15, -0.1) is 5.10 Å². The highest BCUT2D eigenvalue weighted by molar-refractivity contribution is 5.78. The highest BCUT2D eigenvalue weighted by Crippen LogP contribution is 2.33. The molecule has 4 aromatic rings. The minimum atomic E-state index is -0.207. The first-order valence-corrected chi connectivity index (χ1v) is 10.3. The van der Waals surface area contributed by atoms with Crippen molar-refractivity contribution in [3.63, 3.8) is 0 Å². The summed E-state index contributed by atoms with van der Waals surface area (Å²) in [7, 11) is 1.52. The number of aromatic amines is 1. The van der Waals surface area contributed by atoms with Crippen LogP contribution < -0.4 is 20.1 Å². The lowest BCUT2D eigenvalue weighted by Gasteiger charge is -2.12. The summed E-state index contributed by atoms with van der Waals surface area (Å²) in [5.74, 6) is 1.000. The van der Waals surface area contributed by atoms with Crippen LogP contribution in [0.1, 0.15) is 13.8 Å². The summed E-state index contributed by atoms with van der Waals surface area (Å²) < 4.78 is 16.7. The number of hydrogen-bond donors (Lipinski definition) is 3. The van der Waals surface area contributed by atoms with Crippen molar-refractivity contribution in [3.8, 4) is 34.1 Å². The van der Waals surface area contributed by atoms with E-state index in [0.717, 1.165) is 16.8 Å². The van der Waals surface area contributed by atoms with Crippen LogP contribution in [0, 0.1) is 0 Å². The van der Waals surface area contributed by atoms with E-state index in [4.69, 9.17) is 13.9 Å². The summed E-state index contributed by atoms with van der Waals surface area (Å²) in [6.45, 7) is 3.66. The summed E-state index contributed by atoms with van der Waals surface area (Å²) in [5, 5.41) is 20.8. The van der Waals surface area contributed by atoms with E-state index >= 15 is 0 Å². The minimum absolute atomic E-state index is 0.0417. The molecule has 0 saturated carbocycles. The van der Waals surface area contributed by atoms with Crippen LogP contribution in [0.15, 0.2) is 59.3 Å². The van der Waals surface area contributed by atoms with Gasteiger partial charge in [-0.25, -0.2) is 0 Å². The maximum Gasteiger partial charge on any atom is 0.320 e. The van der Waals surface area contributed by atoms with Gasteiger partial charge in [0.25, 0.3) is 5.91 Å². The molecule has 0 unspecified atom stereocenters. The quantitative estimate of drug-likeness (QED) is 0.353. The third-order valence-electron chi connectivity index (χ3n) is 4.61. The fraction of sp³-hybridized carbons (Fsp3) is 0.217. The number of anilines is 2. The molecule has 0 saturated heterocycles. The van der Waals surface area contributed by atoms with Gasteiger partial charge in [0.15, 0.2) is 18.1 Å². The van der Waals surface area contributed by atoms with Gasteiger partial charge in [-0.3, -0.25) is 9.89 Å². The molecule has 33 heavy (non-hydrogen) atoms. The Balaban J connectivity index is 1.42. The zero-order valence-electron chi connectivity index (χ0n) is 18.5. The minimum Gasteiger partial charge on any atom is -0.493 e. The topological polar surface area (TPSA) is 127 Å². The molecule has 2 aromatic carbocycles. The number of ether oxygens (including phenoxy) is 2. The first kappa shape index (κ1) is 21.9. The average molecular weight is 448 g/mol. The predicted molar refractivity (Wildman–Crippen MR) is 122 cm³/mol. The zero-order valence-corrected chi connectivity index (χ0v) is 18.5. The molecule has 10 nitrogen and oxygen atoms in total. The summed E-state index contributed by atoms with van der Waals surface area (Å²) in [5.41, 5.74) is 3.50. The Morgan fingerprint density at radius 2 is 1.85 bits per heavy atom. The van der Waals surface area contributed by atoms with Gasteiger partial charge in [0, 0.05) is 29.1 Å². The summed E-state index contributed by atoms with van der Waals surface area (Å²) in [6.07, 6.45) is 3.59. The predicted octanol–water partition coefficient (Wildman–Crippen LogP) is 3.78. The molecule has 4 rings (SSSR count). The number of nitrogens with zero attached hydrogens (tertiary/aromatic N) is 3. The largest absolute Gasteiger partial charge is 0.493 e. The number of carbonyl (C=O) groups excluding carboxylic acids is 1. The van der Waals surface area contributed by atoms with Crippen LogP contribution in [-0.2, 0) is 4.79 Å². The van der Waals surface area contributed by atoms with Crippen LogP contribution in [-0.4, -0.2) is 46.1 Å². The van der Waals surface area contributed by atoms with Crippen LogP contribution >= 0.6 is 0 Å². The highest BCUT2D eigenvalue weighted by Gasteiger charge is 2.14. The second kappa shape index (κ2) is 9.86. The SMILES string of the molecule is COc1cc(-c2nnc(Nc3ccc(-c4cn[nH]c4)cc3)o2)ccc1OCC(=O)NC(C)C. The molecular weight excluding hydrogens is 424 g/mol. The van der Waals surface area contributed by atoms with E-state index in [-0.39, 0.29) is 24.6 Å². The number of amides is 1. The summed E-state index contributed by atoms with van der Waals surface area (Å²) in [6, 6.07) is 13.2. The number of H-pyrrole nitrogens is 1. The van der Waals surface area contributed by atoms with Crippen molar-refractivity contribution in [1.29, 1.82) is 0 Å². The van der Waals surface area contributed by atoms with E-state index < -0.39 is 0 Å². The van der Waals surface area contributed by atoms with Gasteiger partial charge < -0.3 is 24.5 Å². The molecule has 0 atom stereocenters. The molecule has 0 fully saturated rings. The van der Waals surface area contributed by atoms with E-state index in [1.807, 2.05) is 44.3 Å². The highest BCUT2D eigenvalue weighted by atomic mass is 16.5. The Hall–Kier alpha value is -4.34. The molecule has 0 aliphatic heterocycles. The molecule has 3 N–H and O–H groups in total. The van der Waals surface area contributed by atoms with Crippen molar-refractivity contribution in [2.45, 2.75) is 19.9 Å². The number of methoxy groups -OCH3 is 1. The Morgan fingerprint density at radius 1 is 1.06 bits per heavy atom. The van der Waals surface area contributed by atoms with Crippen LogP contribution in [0.2, 0.25) is 0 Å². The van der Waals surface area contributed by atoms with Gasteiger partial charge in [-0.1, -0.05) is 17.2 Å². The van der Waals surface area contributed by atoms with Crippen molar-refractivity contribution in [1.82, 2.24) is 25.7 Å². The molecule has 170 valence electrons. The summed E-state index contributed by atoms with van der Waals surface area (Å²) in [4.78, 5) is 11.8. The molecule has 10 heteroatoms.